The van der Waals surface area contributed by atoms with Gasteiger partial charge in [-0.1, -0.05) is 12.1 Å². The van der Waals surface area contributed by atoms with Gasteiger partial charge in [-0.3, -0.25) is 4.98 Å². The van der Waals surface area contributed by atoms with Crippen LogP contribution >= 0.6 is 0 Å². The summed E-state index contributed by atoms with van der Waals surface area (Å²) in [5.41, 5.74) is 3.20. The third-order valence-corrected chi connectivity index (χ3v) is 4.03. The molecular weight excluding hydrogens is 327 g/mol. The summed E-state index contributed by atoms with van der Waals surface area (Å²) in [6.07, 6.45) is 4.13. The van der Waals surface area contributed by atoms with Crippen molar-refractivity contribution >= 4 is 5.52 Å². The molecule has 0 amide bonds. The predicted octanol–water partition coefficient (Wildman–Crippen LogP) is 5.08. The van der Waals surface area contributed by atoms with E-state index in [2.05, 4.69) is 9.97 Å². The molecule has 0 aliphatic carbocycles. The van der Waals surface area contributed by atoms with Crippen molar-refractivity contribution in [2.45, 2.75) is 6.18 Å². The van der Waals surface area contributed by atoms with Gasteiger partial charge in [0, 0.05) is 24.2 Å². The Morgan fingerprint density at radius 2 is 1.64 bits per heavy atom. The van der Waals surface area contributed by atoms with Crippen molar-refractivity contribution in [3.05, 3.63) is 79.1 Å². The number of alkyl halides is 3. The molecule has 0 aliphatic heterocycles. The maximum atomic E-state index is 13.0. The summed E-state index contributed by atoms with van der Waals surface area (Å²) < 4.78 is 40.8. The Morgan fingerprint density at radius 3 is 2.40 bits per heavy atom. The quantitative estimate of drug-likeness (QED) is 0.510. The number of pyridine rings is 2. The average Bonchev–Trinajstić information content (AvgIpc) is 3.09. The SMILES string of the molecule is FC(F)(F)c1cccc(-c2cc(-c3ccncc3)c3cncn3c2)c1. The molecule has 3 nitrogen and oxygen atoms in total. The first-order valence-corrected chi connectivity index (χ1v) is 7.56. The van der Waals surface area contributed by atoms with Gasteiger partial charge < -0.3 is 4.40 Å². The molecule has 0 bridgehead atoms. The summed E-state index contributed by atoms with van der Waals surface area (Å²) in [6, 6.07) is 10.9. The first kappa shape index (κ1) is 15.4. The Morgan fingerprint density at radius 1 is 0.840 bits per heavy atom. The predicted molar refractivity (Wildman–Crippen MR) is 88.9 cm³/mol. The van der Waals surface area contributed by atoms with E-state index in [9.17, 15) is 13.2 Å². The minimum atomic E-state index is -4.37. The number of nitrogens with zero attached hydrogens (tertiary/aromatic N) is 3. The lowest BCUT2D eigenvalue weighted by molar-refractivity contribution is -0.137. The van der Waals surface area contributed by atoms with Crippen molar-refractivity contribution in [1.29, 1.82) is 0 Å². The Hall–Kier alpha value is -3.15. The molecule has 4 rings (SSSR count). The number of benzene rings is 1. The Balaban J connectivity index is 1.92. The largest absolute Gasteiger partial charge is 0.416 e. The van der Waals surface area contributed by atoms with Crippen LogP contribution in [0, 0.1) is 0 Å². The molecule has 25 heavy (non-hydrogen) atoms. The van der Waals surface area contributed by atoms with E-state index in [0.717, 1.165) is 28.8 Å². The van der Waals surface area contributed by atoms with Gasteiger partial charge in [0.05, 0.1) is 23.6 Å². The van der Waals surface area contributed by atoms with Crippen molar-refractivity contribution in [2.75, 3.05) is 0 Å². The molecule has 3 aromatic heterocycles. The number of fused-ring (bicyclic) bond motifs is 1. The third-order valence-electron chi connectivity index (χ3n) is 4.03. The van der Waals surface area contributed by atoms with Crippen molar-refractivity contribution in [3.63, 3.8) is 0 Å². The Labute approximate surface area is 141 Å². The summed E-state index contributed by atoms with van der Waals surface area (Å²) in [6.45, 7) is 0. The monoisotopic (exact) mass is 339 g/mol. The van der Waals surface area contributed by atoms with Gasteiger partial charge in [0.2, 0.25) is 0 Å². The first-order chi connectivity index (χ1) is 12.0. The zero-order chi connectivity index (χ0) is 17.4. The van der Waals surface area contributed by atoms with E-state index < -0.39 is 11.7 Å². The highest BCUT2D eigenvalue weighted by Gasteiger charge is 2.30. The van der Waals surface area contributed by atoms with Gasteiger partial charge in [-0.05, 0) is 47.0 Å². The zero-order valence-corrected chi connectivity index (χ0v) is 12.9. The molecule has 124 valence electrons. The average molecular weight is 339 g/mol. The fourth-order valence-electron chi connectivity index (χ4n) is 2.83. The first-order valence-electron chi connectivity index (χ1n) is 7.56. The second-order valence-corrected chi connectivity index (χ2v) is 5.64. The summed E-state index contributed by atoms with van der Waals surface area (Å²) in [4.78, 5) is 8.16. The second kappa shape index (κ2) is 5.73. The van der Waals surface area contributed by atoms with E-state index in [1.807, 2.05) is 22.6 Å². The molecule has 0 N–H and O–H groups in total. The fraction of sp³-hybridized carbons (Fsp3) is 0.0526. The summed E-state index contributed by atoms with van der Waals surface area (Å²) >= 11 is 0. The number of halogens is 3. The van der Waals surface area contributed by atoms with Gasteiger partial charge in [0.25, 0.3) is 0 Å². The van der Waals surface area contributed by atoms with Crippen LogP contribution in [0.2, 0.25) is 0 Å². The standard InChI is InChI=1S/C19H12F3N3/c20-19(21,22)16-3-1-2-14(8-16)15-9-17(13-4-6-23-7-5-13)18-10-24-12-25(18)11-15/h1-12H. The number of rotatable bonds is 2. The fourth-order valence-corrected chi connectivity index (χ4v) is 2.83. The van der Waals surface area contributed by atoms with Crippen LogP contribution in [0.3, 0.4) is 0 Å². The van der Waals surface area contributed by atoms with Gasteiger partial charge >= 0.3 is 6.18 Å². The highest BCUT2D eigenvalue weighted by molar-refractivity contribution is 5.84. The lowest BCUT2D eigenvalue weighted by Gasteiger charge is -2.11. The van der Waals surface area contributed by atoms with Gasteiger partial charge in [-0.25, -0.2) is 4.98 Å². The topological polar surface area (TPSA) is 30.2 Å². The van der Waals surface area contributed by atoms with E-state index in [4.69, 9.17) is 0 Å². The summed E-state index contributed by atoms with van der Waals surface area (Å²) in [5, 5.41) is 0. The molecule has 0 saturated heterocycles. The highest BCUT2D eigenvalue weighted by atomic mass is 19.4. The highest BCUT2D eigenvalue weighted by Crippen LogP contribution is 2.34. The lowest BCUT2D eigenvalue weighted by atomic mass is 9.99. The Kier molecular flexibility index (Phi) is 3.53. The molecule has 0 fully saturated rings. The van der Waals surface area contributed by atoms with Gasteiger partial charge in [0.1, 0.15) is 0 Å². The van der Waals surface area contributed by atoms with E-state index in [0.29, 0.717) is 11.1 Å². The molecule has 0 unspecified atom stereocenters. The van der Waals surface area contributed by atoms with Crippen LogP contribution in [0.25, 0.3) is 27.8 Å². The third kappa shape index (κ3) is 2.87. The molecule has 0 saturated carbocycles. The molecule has 0 spiro atoms. The maximum absolute atomic E-state index is 13.0. The van der Waals surface area contributed by atoms with E-state index in [-0.39, 0.29) is 0 Å². The summed E-state index contributed by atoms with van der Waals surface area (Å²) in [5.74, 6) is 0. The minimum absolute atomic E-state index is 0.501. The van der Waals surface area contributed by atoms with Crippen molar-refractivity contribution in [1.82, 2.24) is 14.4 Å². The van der Waals surface area contributed by atoms with Gasteiger partial charge in [0.15, 0.2) is 0 Å². The number of imidazole rings is 1. The number of aromatic nitrogens is 3. The Bertz CT molecular complexity index is 1040. The van der Waals surface area contributed by atoms with Gasteiger partial charge in [-0.15, -0.1) is 0 Å². The lowest BCUT2D eigenvalue weighted by Crippen LogP contribution is -2.04. The normalized spacial score (nSPS) is 11.8. The molecule has 1 aromatic carbocycles. The zero-order valence-electron chi connectivity index (χ0n) is 12.9. The van der Waals surface area contributed by atoms with Crippen LogP contribution < -0.4 is 0 Å². The second-order valence-electron chi connectivity index (χ2n) is 5.64. The molecule has 0 aliphatic rings. The van der Waals surface area contributed by atoms with E-state index in [1.54, 1.807) is 37.2 Å². The van der Waals surface area contributed by atoms with Crippen LogP contribution in [-0.4, -0.2) is 14.4 Å². The van der Waals surface area contributed by atoms with E-state index in [1.165, 1.54) is 6.07 Å². The van der Waals surface area contributed by atoms with Crippen molar-refractivity contribution < 1.29 is 13.2 Å². The van der Waals surface area contributed by atoms with Crippen molar-refractivity contribution in [2.24, 2.45) is 0 Å². The molecule has 0 atom stereocenters. The van der Waals surface area contributed by atoms with Crippen molar-refractivity contribution in [3.8, 4) is 22.3 Å². The molecule has 4 aromatic rings. The van der Waals surface area contributed by atoms with Crippen LogP contribution in [0.1, 0.15) is 5.56 Å². The number of hydrogen-bond acceptors (Lipinski definition) is 2. The minimum Gasteiger partial charge on any atom is -0.305 e. The van der Waals surface area contributed by atoms with E-state index >= 15 is 0 Å². The molecule has 3 heterocycles. The molecule has 0 radical (unpaired) electrons. The molecule has 6 heteroatoms. The maximum Gasteiger partial charge on any atom is 0.416 e. The van der Waals surface area contributed by atoms with Crippen LogP contribution in [0.5, 0.6) is 0 Å². The summed E-state index contributed by atoms with van der Waals surface area (Å²) in [7, 11) is 0. The van der Waals surface area contributed by atoms with Gasteiger partial charge in [-0.2, -0.15) is 13.2 Å². The number of hydrogen-bond donors (Lipinski definition) is 0. The van der Waals surface area contributed by atoms with Crippen LogP contribution in [-0.2, 0) is 6.18 Å². The molecular formula is C19H12F3N3. The van der Waals surface area contributed by atoms with Crippen LogP contribution in [0.4, 0.5) is 13.2 Å². The smallest absolute Gasteiger partial charge is 0.305 e. The van der Waals surface area contributed by atoms with Crippen LogP contribution in [0.15, 0.2) is 73.6 Å².